The van der Waals surface area contributed by atoms with Crippen LogP contribution in [0.5, 0.6) is 11.5 Å². The zero-order chi connectivity index (χ0) is 13.8. The van der Waals surface area contributed by atoms with Gasteiger partial charge in [0.2, 0.25) is 0 Å². The Balaban J connectivity index is 2.35. The Labute approximate surface area is 113 Å². The largest absolute Gasteiger partial charge is 0.497 e. The van der Waals surface area contributed by atoms with Gasteiger partial charge in [-0.1, -0.05) is 6.07 Å². The molecular weight excluding hydrogens is 240 g/mol. The average Bonchev–Trinajstić information content (AvgIpc) is 2.46. The van der Waals surface area contributed by atoms with Gasteiger partial charge in [0, 0.05) is 24.9 Å². The Morgan fingerprint density at radius 2 is 1.63 bits per heavy atom. The molecule has 0 fully saturated rings. The Morgan fingerprint density at radius 3 is 2.26 bits per heavy atom. The van der Waals surface area contributed by atoms with Gasteiger partial charge in [-0.2, -0.15) is 0 Å². The number of ether oxygens (including phenoxy) is 2. The fraction of sp³-hybridized carbons (Fsp3) is 0.200. The molecule has 2 aromatic carbocycles. The summed E-state index contributed by atoms with van der Waals surface area (Å²) in [6, 6.07) is 13.5. The van der Waals surface area contributed by atoms with Crippen LogP contribution in [0.2, 0.25) is 0 Å². The smallest absolute Gasteiger partial charge is 0.121 e. The molecule has 19 heavy (non-hydrogen) atoms. The molecule has 0 aromatic heterocycles. The molecule has 0 heterocycles. The molecule has 0 spiro atoms. The first-order valence-corrected chi connectivity index (χ1v) is 5.97. The number of benzene rings is 2. The molecule has 4 nitrogen and oxygen atoms in total. The van der Waals surface area contributed by atoms with Crippen molar-refractivity contribution < 1.29 is 9.47 Å². The first-order chi connectivity index (χ1) is 9.15. The molecule has 0 unspecified atom stereocenters. The zero-order valence-corrected chi connectivity index (χ0v) is 11.4. The Bertz CT molecular complexity index is 570. The highest BCUT2D eigenvalue weighted by molar-refractivity contribution is 5.76. The molecule has 2 N–H and O–H groups in total. The lowest BCUT2D eigenvalue weighted by Gasteiger charge is -2.22. The summed E-state index contributed by atoms with van der Waals surface area (Å²) in [6.45, 7) is 0. The molecule has 0 aliphatic carbocycles. The van der Waals surface area contributed by atoms with E-state index in [1.165, 1.54) is 0 Å². The summed E-state index contributed by atoms with van der Waals surface area (Å²) in [5.74, 6) is 1.57. The van der Waals surface area contributed by atoms with Crippen molar-refractivity contribution in [3.05, 3.63) is 42.5 Å². The van der Waals surface area contributed by atoms with Crippen molar-refractivity contribution in [1.29, 1.82) is 0 Å². The highest BCUT2D eigenvalue weighted by Gasteiger charge is 2.09. The van der Waals surface area contributed by atoms with Crippen LogP contribution in [0.1, 0.15) is 0 Å². The minimum atomic E-state index is 0.671. The first-order valence-electron chi connectivity index (χ1n) is 5.97. The van der Waals surface area contributed by atoms with E-state index in [9.17, 15) is 0 Å². The third-order valence-corrected chi connectivity index (χ3v) is 3.04. The van der Waals surface area contributed by atoms with Crippen LogP contribution in [-0.4, -0.2) is 21.3 Å². The van der Waals surface area contributed by atoms with Gasteiger partial charge in [0.1, 0.15) is 11.5 Å². The van der Waals surface area contributed by atoms with Crippen molar-refractivity contribution in [2.45, 2.75) is 0 Å². The van der Waals surface area contributed by atoms with Crippen molar-refractivity contribution in [2.75, 3.05) is 31.9 Å². The fourth-order valence-corrected chi connectivity index (χ4v) is 1.92. The molecule has 4 heteroatoms. The summed E-state index contributed by atoms with van der Waals surface area (Å²) in [5.41, 5.74) is 8.66. The summed E-state index contributed by atoms with van der Waals surface area (Å²) in [4.78, 5) is 2.01. The number of hydrogen-bond acceptors (Lipinski definition) is 4. The second kappa shape index (κ2) is 5.52. The number of nitrogen functional groups attached to an aromatic ring is 1. The van der Waals surface area contributed by atoms with Gasteiger partial charge in [-0.15, -0.1) is 0 Å². The third kappa shape index (κ3) is 2.73. The van der Waals surface area contributed by atoms with Crippen LogP contribution < -0.4 is 20.1 Å². The monoisotopic (exact) mass is 258 g/mol. The van der Waals surface area contributed by atoms with E-state index in [1.54, 1.807) is 14.2 Å². The normalized spacial score (nSPS) is 10.1. The van der Waals surface area contributed by atoms with Crippen molar-refractivity contribution >= 4 is 17.1 Å². The maximum Gasteiger partial charge on any atom is 0.121 e. The van der Waals surface area contributed by atoms with Gasteiger partial charge in [-0.05, 0) is 24.3 Å². The number of hydrogen-bond donors (Lipinski definition) is 1. The second-order valence-corrected chi connectivity index (χ2v) is 4.19. The maximum atomic E-state index is 6.05. The lowest BCUT2D eigenvalue weighted by Crippen LogP contribution is -2.11. The Morgan fingerprint density at radius 1 is 0.947 bits per heavy atom. The number of methoxy groups -OCH3 is 2. The van der Waals surface area contributed by atoms with Crippen LogP contribution in [0.4, 0.5) is 17.1 Å². The van der Waals surface area contributed by atoms with Crippen molar-refractivity contribution in [3.8, 4) is 11.5 Å². The molecule has 0 amide bonds. The number of nitrogens with zero attached hydrogens (tertiary/aromatic N) is 1. The number of anilines is 3. The Hall–Kier alpha value is -2.36. The van der Waals surface area contributed by atoms with Gasteiger partial charge >= 0.3 is 0 Å². The molecule has 0 radical (unpaired) electrons. The van der Waals surface area contributed by atoms with E-state index >= 15 is 0 Å². The first kappa shape index (κ1) is 13.1. The number of nitrogens with two attached hydrogens (primary N) is 1. The van der Waals surface area contributed by atoms with Gasteiger partial charge in [0.15, 0.2) is 0 Å². The van der Waals surface area contributed by atoms with Crippen LogP contribution in [-0.2, 0) is 0 Å². The average molecular weight is 258 g/mol. The number of rotatable bonds is 4. The molecule has 0 bridgehead atoms. The van der Waals surface area contributed by atoms with Crippen molar-refractivity contribution in [3.63, 3.8) is 0 Å². The van der Waals surface area contributed by atoms with E-state index in [2.05, 4.69) is 0 Å². The van der Waals surface area contributed by atoms with Crippen LogP contribution in [0.25, 0.3) is 0 Å². The van der Waals surface area contributed by atoms with Gasteiger partial charge in [0.05, 0.1) is 25.6 Å². The van der Waals surface area contributed by atoms with E-state index in [0.29, 0.717) is 5.69 Å². The van der Waals surface area contributed by atoms with Crippen LogP contribution in [0, 0.1) is 0 Å². The van der Waals surface area contributed by atoms with Gasteiger partial charge in [-0.3, -0.25) is 0 Å². The predicted octanol–water partition coefficient (Wildman–Crippen LogP) is 3.05. The quantitative estimate of drug-likeness (QED) is 0.856. The molecule has 2 aromatic rings. The fourth-order valence-electron chi connectivity index (χ4n) is 1.92. The topological polar surface area (TPSA) is 47.7 Å². The molecule has 2 rings (SSSR count). The minimum Gasteiger partial charge on any atom is -0.497 e. The molecule has 0 atom stereocenters. The van der Waals surface area contributed by atoms with Crippen molar-refractivity contribution in [2.24, 2.45) is 0 Å². The van der Waals surface area contributed by atoms with Crippen LogP contribution >= 0.6 is 0 Å². The summed E-state index contributed by atoms with van der Waals surface area (Å²) in [7, 11) is 5.24. The second-order valence-electron chi connectivity index (χ2n) is 4.19. The van der Waals surface area contributed by atoms with Gasteiger partial charge < -0.3 is 20.1 Å². The lowest BCUT2D eigenvalue weighted by molar-refractivity contribution is 0.414. The lowest BCUT2D eigenvalue weighted by atomic mass is 10.2. The van der Waals surface area contributed by atoms with E-state index < -0.39 is 0 Å². The molecule has 0 saturated carbocycles. The standard InChI is InChI=1S/C15H18N2O2/c1-17(11-5-4-6-12(9-11)18-2)15-8-7-13(19-3)10-14(15)16/h4-10H,16H2,1-3H3. The minimum absolute atomic E-state index is 0.671. The van der Waals surface area contributed by atoms with Gasteiger partial charge in [0.25, 0.3) is 0 Å². The predicted molar refractivity (Wildman–Crippen MR) is 78.5 cm³/mol. The zero-order valence-electron chi connectivity index (χ0n) is 11.4. The SMILES string of the molecule is COc1cccc(N(C)c2ccc(OC)cc2N)c1. The highest BCUT2D eigenvalue weighted by atomic mass is 16.5. The summed E-state index contributed by atoms with van der Waals surface area (Å²) < 4.78 is 10.4. The van der Waals surface area contributed by atoms with E-state index in [0.717, 1.165) is 22.9 Å². The summed E-state index contributed by atoms with van der Waals surface area (Å²) >= 11 is 0. The molecule has 100 valence electrons. The van der Waals surface area contributed by atoms with Crippen LogP contribution in [0.3, 0.4) is 0 Å². The van der Waals surface area contributed by atoms with E-state index in [-0.39, 0.29) is 0 Å². The van der Waals surface area contributed by atoms with E-state index in [1.807, 2.05) is 54.4 Å². The maximum absolute atomic E-state index is 6.05. The molecular formula is C15H18N2O2. The third-order valence-electron chi connectivity index (χ3n) is 3.04. The van der Waals surface area contributed by atoms with Crippen molar-refractivity contribution in [1.82, 2.24) is 0 Å². The molecule has 0 saturated heterocycles. The highest BCUT2D eigenvalue weighted by Crippen LogP contribution is 2.32. The Kier molecular flexibility index (Phi) is 3.80. The van der Waals surface area contributed by atoms with Crippen LogP contribution in [0.15, 0.2) is 42.5 Å². The molecule has 0 aliphatic heterocycles. The summed E-state index contributed by atoms with van der Waals surface area (Å²) in [5, 5.41) is 0. The van der Waals surface area contributed by atoms with Gasteiger partial charge in [-0.25, -0.2) is 0 Å². The van der Waals surface area contributed by atoms with E-state index in [4.69, 9.17) is 15.2 Å². The molecule has 0 aliphatic rings. The summed E-state index contributed by atoms with van der Waals surface area (Å²) in [6.07, 6.45) is 0.